The monoisotopic (exact) mass is 243 g/mol. The van der Waals surface area contributed by atoms with E-state index in [1.54, 1.807) is 0 Å². The number of hydrogen-bond acceptors (Lipinski definition) is 2. The lowest BCUT2D eigenvalue weighted by Gasteiger charge is -2.23. The Morgan fingerprint density at radius 2 is 2.12 bits per heavy atom. The van der Waals surface area contributed by atoms with Crippen molar-refractivity contribution in [3.63, 3.8) is 0 Å². The molecule has 16 heavy (non-hydrogen) atoms. The molecular weight excluding hydrogens is 222 g/mol. The Bertz CT molecular complexity index is 346. The van der Waals surface area contributed by atoms with Gasteiger partial charge in [-0.25, -0.2) is 0 Å². The minimum Gasteiger partial charge on any atom is -0.359 e. The second kappa shape index (κ2) is 5.58. The van der Waals surface area contributed by atoms with Crippen LogP contribution < -0.4 is 4.90 Å². The maximum atomic E-state index is 5.99. The van der Waals surface area contributed by atoms with E-state index >= 15 is 0 Å². The van der Waals surface area contributed by atoms with Gasteiger partial charge in [-0.1, -0.05) is 20.3 Å². The predicted octanol–water partition coefficient (Wildman–Crippen LogP) is 2.95. The number of aromatic nitrogens is 2. The van der Waals surface area contributed by atoms with Gasteiger partial charge in [0, 0.05) is 26.2 Å². The average Bonchev–Trinajstić information content (AvgIpc) is 2.52. The number of aryl methyl sites for hydroxylation is 2. The van der Waals surface area contributed by atoms with Crippen LogP contribution >= 0.6 is 11.6 Å². The summed E-state index contributed by atoms with van der Waals surface area (Å²) in [6.45, 7) is 7.53. The smallest absolute Gasteiger partial charge is 0.130 e. The molecule has 0 aliphatic carbocycles. The highest BCUT2D eigenvalue weighted by atomic mass is 35.5. The van der Waals surface area contributed by atoms with Crippen LogP contribution in [0.25, 0.3) is 0 Å². The maximum absolute atomic E-state index is 5.99. The topological polar surface area (TPSA) is 21.1 Å². The van der Waals surface area contributed by atoms with E-state index in [2.05, 4.69) is 30.9 Å². The highest BCUT2D eigenvalue weighted by Gasteiger charge is 2.17. The van der Waals surface area contributed by atoms with Crippen molar-refractivity contribution >= 4 is 17.4 Å². The summed E-state index contributed by atoms with van der Waals surface area (Å²) in [4.78, 5) is 2.26. The van der Waals surface area contributed by atoms with Gasteiger partial charge in [-0.15, -0.1) is 11.6 Å². The number of alkyl halides is 1. The van der Waals surface area contributed by atoms with Gasteiger partial charge in [0.05, 0.1) is 11.6 Å². The molecule has 1 aromatic heterocycles. The molecule has 0 aliphatic rings. The van der Waals surface area contributed by atoms with E-state index < -0.39 is 0 Å². The molecule has 0 aliphatic heterocycles. The van der Waals surface area contributed by atoms with E-state index in [1.165, 1.54) is 6.42 Å². The fraction of sp³-hybridized carbons (Fsp3) is 0.750. The van der Waals surface area contributed by atoms with Crippen LogP contribution in [0.1, 0.15) is 31.5 Å². The van der Waals surface area contributed by atoms with E-state index in [4.69, 9.17) is 11.6 Å². The highest BCUT2D eigenvalue weighted by molar-refractivity contribution is 6.17. The number of hydrogen-bond donors (Lipinski definition) is 0. The Balaban J connectivity index is 2.93. The summed E-state index contributed by atoms with van der Waals surface area (Å²) in [5, 5.41) is 4.43. The van der Waals surface area contributed by atoms with Crippen LogP contribution in [0.4, 0.5) is 5.82 Å². The molecule has 0 radical (unpaired) electrons. The van der Waals surface area contributed by atoms with E-state index in [0.29, 0.717) is 11.8 Å². The van der Waals surface area contributed by atoms with Crippen molar-refractivity contribution in [2.24, 2.45) is 13.0 Å². The first-order valence-electron chi connectivity index (χ1n) is 5.80. The standard InChI is InChI=1S/C12H22ClN3/c1-6-9(2)8-15(4)12-11(7-13)10(3)14-16(12)5/h9H,6-8H2,1-5H3. The fourth-order valence-corrected chi connectivity index (χ4v) is 2.32. The second-order valence-corrected chi connectivity index (χ2v) is 4.81. The largest absolute Gasteiger partial charge is 0.359 e. The highest BCUT2D eigenvalue weighted by Crippen LogP contribution is 2.24. The average molecular weight is 244 g/mol. The molecule has 4 heteroatoms. The van der Waals surface area contributed by atoms with Crippen LogP contribution in [0.3, 0.4) is 0 Å². The quantitative estimate of drug-likeness (QED) is 0.742. The first kappa shape index (κ1) is 13.4. The third-order valence-corrected chi connectivity index (χ3v) is 3.36. The Hall–Kier alpha value is -0.700. The van der Waals surface area contributed by atoms with Crippen LogP contribution in [0.5, 0.6) is 0 Å². The summed E-state index contributed by atoms with van der Waals surface area (Å²) in [6, 6.07) is 0. The van der Waals surface area contributed by atoms with Gasteiger partial charge in [-0.3, -0.25) is 4.68 Å². The third kappa shape index (κ3) is 2.70. The molecule has 0 fully saturated rings. The van der Waals surface area contributed by atoms with E-state index in [9.17, 15) is 0 Å². The van der Waals surface area contributed by atoms with Gasteiger partial charge in [-0.2, -0.15) is 5.10 Å². The van der Waals surface area contributed by atoms with Gasteiger partial charge in [0.15, 0.2) is 0 Å². The SMILES string of the molecule is CCC(C)CN(C)c1c(CCl)c(C)nn1C. The summed E-state index contributed by atoms with van der Waals surface area (Å²) in [7, 11) is 4.09. The Kier molecular flexibility index (Phi) is 4.66. The van der Waals surface area contributed by atoms with Gasteiger partial charge >= 0.3 is 0 Å². The molecule has 1 aromatic rings. The summed E-state index contributed by atoms with van der Waals surface area (Å²) >= 11 is 5.99. The summed E-state index contributed by atoms with van der Waals surface area (Å²) < 4.78 is 1.93. The summed E-state index contributed by atoms with van der Waals surface area (Å²) in [6.07, 6.45) is 1.19. The van der Waals surface area contributed by atoms with Gasteiger partial charge in [0.25, 0.3) is 0 Å². The van der Waals surface area contributed by atoms with Crippen molar-refractivity contribution in [1.82, 2.24) is 9.78 Å². The summed E-state index contributed by atoms with van der Waals surface area (Å²) in [5.74, 6) is 2.36. The second-order valence-electron chi connectivity index (χ2n) is 4.54. The zero-order valence-electron chi connectivity index (χ0n) is 10.9. The first-order valence-corrected chi connectivity index (χ1v) is 6.34. The maximum Gasteiger partial charge on any atom is 0.130 e. The molecule has 0 saturated heterocycles. The van der Waals surface area contributed by atoms with Crippen molar-refractivity contribution in [2.45, 2.75) is 33.1 Å². The van der Waals surface area contributed by atoms with Crippen LogP contribution in [-0.2, 0) is 12.9 Å². The van der Waals surface area contributed by atoms with Crippen molar-refractivity contribution in [3.05, 3.63) is 11.3 Å². The van der Waals surface area contributed by atoms with Gasteiger partial charge in [0.1, 0.15) is 5.82 Å². The first-order chi connectivity index (χ1) is 7.51. The zero-order valence-corrected chi connectivity index (χ0v) is 11.7. The number of anilines is 1. The lowest BCUT2D eigenvalue weighted by Crippen LogP contribution is -2.26. The van der Waals surface area contributed by atoms with Crippen LogP contribution in [0, 0.1) is 12.8 Å². The molecule has 0 saturated carbocycles. The Morgan fingerprint density at radius 1 is 1.50 bits per heavy atom. The minimum atomic E-state index is 0.528. The Morgan fingerprint density at radius 3 is 2.62 bits per heavy atom. The van der Waals surface area contributed by atoms with Crippen LogP contribution in [0.15, 0.2) is 0 Å². The lowest BCUT2D eigenvalue weighted by molar-refractivity contribution is 0.551. The Labute approximate surface area is 103 Å². The normalized spacial score (nSPS) is 12.9. The fourth-order valence-electron chi connectivity index (χ4n) is 2.01. The summed E-state index contributed by atoms with van der Waals surface area (Å²) in [5.41, 5.74) is 2.18. The van der Waals surface area contributed by atoms with Crippen molar-refractivity contribution < 1.29 is 0 Å². The molecule has 1 unspecified atom stereocenters. The van der Waals surface area contributed by atoms with Crippen LogP contribution in [0.2, 0.25) is 0 Å². The van der Waals surface area contributed by atoms with Crippen LogP contribution in [-0.4, -0.2) is 23.4 Å². The molecule has 0 aromatic carbocycles. The zero-order chi connectivity index (χ0) is 12.3. The van der Waals surface area contributed by atoms with Gasteiger partial charge < -0.3 is 4.90 Å². The molecule has 0 amide bonds. The van der Waals surface area contributed by atoms with Gasteiger partial charge in [0.2, 0.25) is 0 Å². The predicted molar refractivity (Wildman–Crippen MR) is 70.2 cm³/mol. The van der Waals surface area contributed by atoms with Crippen molar-refractivity contribution in [2.75, 3.05) is 18.5 Å². The van der Waals surface area contributed by atoms with Gasteiger partial charge in [-0.05, 0) is 12.8 Å². The number of rotatable bonds is 5. The molecule has 0 N–H and O–H groups in total. The lowest BCUT2D eigenvalue weighted by atomic mass is 10.1. The molecule has 0 bridgehead atoms. The molecular formula is C12H22ClN3. The van der Waals surface area contributed by atoms with E-state index in [1.807, 2.05) is 18.7 Å². The minimum absolute atomic E-state index is 0.528. The number of halogens is 1. The number of nitrogens with zero attached hydrogens (tertiary/aromatic N) is 3. The molecule has 1 heterocycles. The van der Waals surface area contributed by atoms with Crippen molar-refractivity contribution in [3.8, 4) is 0 Å². The molecule has 3 nitrogen and oxygen atoms in total. The van der Waals surface area contributed by atoms with E-state index in [-0.39, 0.29) is 0 Å². The molecule has 1 atom stereocenters. The molecule has 92 valence electrons. The third-order valence-electron chi connectivity index (χ3n) is 3.09. The molecule has 1 rings (SSSR count). The van der Waals surface area contributed by atoms with Crippen molar-refractivity contribution in [1.29, 1.82) is 0 Å². The molecule has 0 spiro atoms. The van der Waals surface area contributed by atoms with E-state index in [0.717, 1.165) is 23.6 Å².